The van der Waals surface area contributed by atoms with Crippen molar-refractivity contribution in [1.82, 2.24) is 15.0 Å². The first kappa shape index (κ1) is 33.5. The molecule has 3 heterocycles. The minimum Gasteiger partial charge on any atom is -0.456 e. The van der Waals surface area contributed by atoms with Crippen molar-refractivity contribution in [3.8, 4) is 56.4 Å². The van der Waals surface area contributed by atoms with E-state index in [0.717, 1.165) is 62.6 Å². The molecule has 8 aromatic carbocycles. The van der Waals surface area contributed by atoms with Crippen molar-refractivity contribution in [2.24, 2.45) is 0 Å². The monoisotopic (exact) mass is 783 g/mol. The van der Waals surface area contributed by atoms with Crippen molar-refractivity contribution in [2.75, 3.05) is 0 Å². The number of nitrogens with zero attached hydrogens (tertiary/aromatic N) is 3. The minimum absolute atomic E-state index is 0.636. The second kappa shape index (κ2) is 13.0. The minimum atomic E-state index is 0.636. The summed E-state index contributed by atoms with van der Waals surface area (Å²) in [5, 5.41) is 7.34. The standard InChI is InChI=1S/C55H33N3OS/c1-2-9-36(10-3-1)53-56-54(58-55(57-53)43-15-8-18-48-52(43)42-13-4-5-17-47(42)60-48)37-23-19-32(20-24-37)40-14-7-16-46-51(40)44-31-38(27-30-45(44)59-46)39-28-25-35-22-21-33-11-6-12-34-26-29-41(39)50(35)49(33)34/h1-11,13-28,30-31H,12,29H2. The molecule has 0 aliphatic heterocycles. The van der Waals surface area contributed by atoms with Crippen LogP contribution >= 0.6 is 11.3 Å². The third kappa shape index (κ3) is 5.12. The number of rotatable bonds is 5. The molecule has 0 saturated carbocycles. The molecule has 0 atom stereocenters. The van der Waals surface area contributed by atoms with Crippen LogP contribution in [0.1, 0.15) is 23.1 Å². The molecule has 2 aliphatic rings. The van der Waals surface area contributed by atoms with Crippen LogP contribution in [0.5, 0.6) is 0 Å². The van der Waals surface area contributed by atoms with E-state index in [2.05, 4.69) is 158 Å². The van der Waals surface area contributed by atoms with E-state index >= 15 is 0 Å². The zero-order valence-electron chi connectivity index (χ0n) is 32.3. The number of aromatic nitrogens is 3. The van der Waals surface area contributed by atoms with E-state index in [1.54, 1.807) is 11.3 Å². The summed E-state index contributed by atoms with van der Waals surface area (Å²) >= 11 is 1.80. The smallest absolute Gasteiger partial charge is 0.164 e. The summed E-state index contributed by atoms with van der Waals surface area (Å²) in [7, 11) is 0. The Morgan fingerprint density at radius 1 is 0.467 bits per heavy atom. The van der Waals surface area contributed by atoms with Crippen molar-refractivity contribution in [1.29, 1.82) is 0 Å². The maximum atomic E-state index is 6.53. The third-order valence-electron chi connectivity index (χ3n) is 12.4. The first-order valence-corrected chi connectivity index (χ1v) is 21.3. The maximum absolute atomic E-state index is 6.53. The van der Waals surface area contributed by atoms with Crippen molar-refractivity contribution in [3.63, 3.8) is 0 Å². The highest BCUT2D eigenvalue weighted by Gasteiger charge is 2.23. The van der Waals surface area contributed by atoms with Gasteiger partial charge in [0.05, 0.1) is 0 Å². The SMILES string of the molecule is C1=Cc2ccc3ccc(-c4ccc5oc6cccc(-c7ccc(-c8nc(-c9ccccc9)nc(-c9cccc%10sc%11ccccc%11c9%10)n8)cc7)c6c5c4)c4c3c2C(=CC4)C1. The molecule has 60 heavy (non-hydrogen) atoms. The van der Waals surface area contributed by atoms with Gasteiger partial charge in [-0.15, -0.1) is 11.3 Å². The lowest BCUT2D eigenvalue weighted by Gasteiger charge is -2.25. The van der Waals surface area contributed by atoms with Gasteiger partial charge in [-0.1, -0.05) is 146 Å². The van der Waals surface area contributed by atoms with Gasteiger partial charge < -0.3 is 4.42 Å². The number of furan rings is 1. The molecular weight excluding hydrogens is 751 g/mol. The summed E-state index contributed by atoms with van der Waals surface area (Å²) in [6.07, 6.45) is 8.94. The van der Waals surface area contributed by atoms with Crippen molar-refractivity contribution < 1.29 is 4.42 Å². The number of thiophene rings is 1. The van der Waals surface area contributed by atoms with E-state index < -0.39 is 0 Å². The van der Waals surface area contributed by atoms with Gasteiger partial charge in [-0.3, -0.25) is 0 Å². The lowest BCUT2D eigenvalue weighted by Crippen LogP contribution is -2.04. The highest BCUT2D eigenvalue weighted by Crippen LogP contribution is 2.45. The van der Waals surface area contributed by atoms with Gasteiger partial charge in [0.2, 0.25) is 0 Å². The van der Waals surface area contributed by atoms with Gasteiger partial charge >= 0.3 is 0 Å². The molecule has 5 heteroatoms. The molecule has 0 N–H and O–H groups in total. The van der Waals surface area contributed by atoms with Crippen LogP contribution < -0.4 is 0 Å². The molecule has 0 unspecified atom stereocenters. The van der Waals surface area contributed by atoms with Crippen LogP contribution in [-0.4, -0.2) is 15.0 Å². The van der Waals surface area contributed by atoms with Crippen molar-refractivity contribution >= 4 is 75.9 Å². The summed E-state index contributed by atoms with van der Waals surface area (Å²) in [5.41, 5.74) is 15.0. The molecular formula is C55H33N3OS. The number of allylic oxidation sites excluding steroid dienone is 3. The number of hydrogen-bond donors (Lipinski definition) is 0. The zero-order valence-corrected chi connectivity index (χ0v) is 33.1. The van der Waals surface area contributed by atoms with E-state index in [1.807, 2.05) is 18.2 Å². The topological polar surface area (TPSA) is 51.8 Å². The normalized spacial score (nSPS) is 13.2. The molecule has 3 aromatic heterocycles. The predicted octanol–water partition coefficient (Wildman–Crippen LogP) is 15.0. The lowest BCUT2D eigenvalue weighted by atomic mass is 9.79. The second-order valence-electron chi connectivity index (χ2n) is 15.8. The molecule has 4 nitrogen and oxygen atoms in total. The van der Waals surface area contributed by atoms with Gasteiger partial charge in [0.15, 0.2) is 17.5 Å². The molecule has 280 valence electrons. The van der Waals surface area contributed by atoms with Gasteiger partial charge in [0, 0.05) is 47.6 Å². The third-order valence-corrected chi connectivity index (χ3v) is 13.5. The molecule has 2 aliphatic carbocycles. The Labute approximate surface area is 349 Å². The van der Waals surface area contributed by atoms with Gasteiger partial charge in [0.1, 0.15) is 11.2 Å². The van der Waals surface area contributed by atoms with Crippen LogP contribution in [0.4, 0.5) is 0 Å². The first-order valence-electron chi connectivity index (χ1n) is 20.4. The van der Waals surface area contributed by atoms with E-state index in [4.69, 9.17) is 19.4 Å². The average Bonchev–Trinajstić information content (AvgIpc) is 3.89. The molecule has 0 radical (unpaired) electrons. The van der Waals surface area contributed by atoms with Gasteiger partial charge in [-0.25, -0.2) is 15.0 Å². The van der Waals surface area contributed by atoms with E-state index in [9.17, 15) is 0 Å². The Hall–Kier alpha value is -7.47. The van der Waals surface area contributed by atoms with E-state index in [-0.39, 0.29) is 0 Å². The zero-order chi connectivity index (χ0) is 39.3. The van der Waals surface area contributed by atoms with Gasteiger partial charge in [0.25, 0.3) is 0 Å². The molecule has 0 bridgehead atoms. The Balaban J connectivity index is 0.929. The molecule has 0 spiro atoms. The molecule has 0 fully saturated rings. The van der Waals surface area contributed by atoms with Crippen LogP contribution in [0, 0.1) is 0 Å². The highest BCUT2D eigenvalue weighted by molar-refractivity contribution is 7.25. The second-order valence-corrected chi connectivity index (χ2v) is 16.9. The Kier molecular flexibility index (Phi) is 7.27. The maximum Gasteiger partial charge on any atom is 0.164 e. The van der Waals surface area contributed by atoms with E-state index in [1.165, 1.54) is 64.3 Å². The summed E-state index contributed by atoms with van der Waals surface area (Å²) in [5.74, 6) is 1.95. The summed E-state index contributed by atoms with van der Waals surface area (Å²) < 4.78 is 8.99. The van der Waals surface area contributed by atoms with Crippen molar-refractivity contribution in [3.05, 3.63) is 187 Å². The summed E-state index contributed by atoms with van der Waals surface area (Å²) in [4.78, 5) is 15.4. The van der Waals surface area contributed by atoms with E-state index in [0.29, 0.717) is 17.5 Å². The fourth-order valence-electron chi connectivity index (χ4n) is 9.64. The largest absolute Gasteiger partial charge is 0.456 e. The fourth-order valence-corrected chi connectivity index (χ4v) is 10.8. The lowest BCUT2D eigenvalue weighted by molar-refractivity contribution is 0.669. The fraction of sp³-hybridized carbons (Fsp3) is 0.0364. The van der Waals surface area contributed by atoms with Gasteiger partial charge in [-0.2, -0.15) is 0 Å². The van der Waals surface area contributed by atoms with Crippen LogP contribution in [0.2, 0.25) is 0 Å². The molecule has 0 saturated heterocycles. The Bertz CT molecular complexity index is 3650. The van der Waals surface area contributed by atoms with Gasteiger partial charge in [-0.05, 0) is 98.5 Å². The summed E-state index contributed by atoms with van der Waals surface area (Å²) in [6.45, 7) is 0. The number of fused-ring (bicyclic) bond motifs is 6. The molecule has 0 amide bonds. The number of hydrogen-bond acceptors (Lipinski definition) is 5. The Morgan fingerprint density at radius 3 is 2.10 bits per heavy atom. The van der Waals surface area contributed by atoms with Crippen molar-refractivity contribution in [2.45, 2.75) is 12.8 Å². The van der Waals surface area contributed by atoms with Crippen LogP contribution in [0.3, 0.4) is 0 Å². The number of benzene rings is 8. The first-order chi connectivity index (χ1) is 29.7. The van der Waals surface area contributed by atoms with Crippen LogP contribution in [-0.2, 0) is 6.42 Å². The van der Waals surface area contributed by atoms with Crippen LogP contribution in [0.25, 0.3) is 121 Å². The summed E-state index contributed by atoms with van der Waals surface area (Å²) in [6, 6.07) is 56.0. The highest BCUT2D eigenvalue weighted by atomic mass is 32.1. The quantitative estimate of drug-likeness (QED) is 0.174. The predicted molar refractivity (Wildman–Crippen MR) is 250 cm³/mol. The average molecular weight is 784 g/mol. The molecule has 13 rings (SSSR count). The molecule has 11 aromatic rings. The van der Waals surface area contributed by atoms with Crippen LogP contribution in [0.15, 0.2) is 174 Å². The Morgan fingerprint density at radius 2 is 1.20 bits per heavy atom.